The van der Waals surface area contributed by atoms with Gasteiger partial charge in [-0.3, -0.25) is 9.59 Å². The fraction of sp³-hybridized carbons (Fsp3) is 0.348. The molecular weight excluding hydrogens is 511 g/mol. The van der Waals surface area contributed by atoms with Crippen LogP contribution in [0.15, 0.2) is 54.6 Å². The lowest BCUT2D eigenvalue weighted by Gasteiger charge is -2.23. The van der Waals surface area contributed by atoms with Crippen LogP contribution in [0.2, 0.25) is 0 Å². The first-order chi connectivity index (χ1) is 14.6. The van der Waals surface area contributed by atoms with Crippen LogP contribution in [0.1, 0.15) is 39.2 Å². The number of anilines is 1. The fourth-order valence-electron chi connectivity index (χ4n) is 2.55. The van der Waals surface area contributed by atoms with E-state index in [4.69, 9.17) is 9.47 Å². The molecule has 2 aromatic carbocycles. The Kier molecular flexibility index (Phi) is 9.29. The summed E-state index contributed by atoms with van der Waals surface area (Å²) in [5.74, 6) is -0.898. The Balaban J connectivity index is 1.96. The lowest BCUT2D eigenvalue weighted by molar-refractivity contribution is -0.145. The number of carbonyl (C=O) groups is 3. The zero-order chi connectivity index (χ0) is 22.9. The molecule has 8 heteroatoms. The van der Waals surface area contributed by atoms with Crippen molar-refractivity contribution in [3.8, 4) is 0 Å². The molecule has 2 rings (SSSR count). The standard InChI is InChI=1S/C23H27IN2O5/c1-23(2,3)31-22(29)26-19(21(28)25-18-11-9-17(24)10-12-18)13-14-20(27)30-15-16-7-5-4-6-8-16/h4-12,19H,13-15H2,1-3H3,(H,25,28)(H,26,29)/t19-/m0/s1. The first-order valence-corrected chi connectivity index (χ1v) is 11.0. The Hall–Kier alpha value is -2.62. The Labute approximate surface area is 196 Å². The van der Waals surface area contributed by atoms with Crippen molar-refractivity contribution in [2.24, 2.45) is 0 Å². The van der Waals surface area contributed by atoms with Crippen LogP contribution < -0.4 is 10.6 Å². The van der Waals surface area contributed by atoms with E-state index in [1.807, 2.05) is 42.5 Å². The predicted octanol–water partition coefficient (Wildman–Crippen LogP) is 4.65. The van der Waals surface area contributed by atoms with Gasteiger partial charge in [0.2, 0.25) is 5.91 Å². The van der Waals surface area contributed by atoms with Gasteiger partial charge in [0.05, 0.1) is 0 Å². The molecule has 0 saturated carbocycles. The SMILES string of the molecule is CC(C)(C)OC(=O)N[C@@H](CCC(=O)OCc1ccccc1)C(=O)Nc1ccc(I)cc1. The second-order valence-corrected chi connectivity index (χ2v) is 9.13. The summed E-state index contributed by atoms with van der Waals surface area (Å²) in [4.78, 5) is 37.1. The lowest BCUT2D eigenvalue weighted by atomic mass is 10.1. The van der Waals surface area contributed by atoms with E-state index in [2.05, 4.69) is 33.2 Å². The van der Waals surface area contributed by atoms with Crippen LogP contribution in [0.4, 0.5) is 10.5 Å². The van der Waals surface area contributed by atoms with Crippen molar-refractivity contribution in [2.45, 2.75) is 51.9 Å². The van der Waals surface area contributed by atoms with Crippen molar-refractivity contribution in [1.29, 1.82) is 0 Å². The molecule has 0 saturated heterocycles. The molecule has 0 heterocycles. The van der Waals surface area contributed by atoms with Gasteiger partial charge in [-0.25, -0.2) is 4.79 Å². The first kappa shape index (κ1) is 24.6. The number of ether oxygens (including phenoxy) is 2. The highest BCUT2D eigenvalue weighted by molar-refractivity contribution is 14.1. The largest absolute Gasteiger partial charge is 0.461 e. The van der Waals surface area contributed by atoms with Crippen molar-refractivity contribution < 1.29 is 23.9 Å². The fourth-order valence-corrected chi connectivity index (χ4v) is 2.91. The number of hydrogen-bond donors (Lipinski definition) is 2. The molecule has 2 amide bonds. The summed E-state index contributed by atoms with van der Waals surface area (Å²) in [5.41, 5.74) is 0.749. The second-order valence-electron chi connectivity index (χ2n) is 7.88. The van der Waals surface area contributed by atoms with Crippen LogP contribution in [0.3, 0.4) is 0 Å². The number of esters is 1. The lowest BCUT2D eigenvalue weighted by Crippen LogP contribution is -2.46. The van der Waals surface area contributed by atoms with Crippen molar-refractivity contribution in [3.63, 3.8) is 0 Å². The highest BCUT2D eigenvalue weighted by atomic mass is 127. The van der Waals surface area contributed by atoms with Gasteiger partial charge in [0.1, 0.15) is 18.2 Å². The zero-order valence-electron chi connectivity index (χ0n) is 17.8. The maximum Gasteiger partial charge on any atom is 0.408 e. The molecule has 0 unspecified atom stereocenters. The zero-order valence-corrected chi connectivity index (χ0v) is 20.0. The summed E-state index contributed by atoms with van der Waals surface area (Å²) in [5, 5.41) is 5.31. The minimum Gasteiger partial charge on any atom is -0.461 e. The summed E-state index contributed by atoms with van der Waals surface area (Å²) in [6.45, 7) is 5.34. The molecule has 7 nitrogen and oxygen atoms in total. The van der Waals surface area contributed by atoms with E-state index in [9.17, 15) is 14.4 Å². The Morgan fingerprint density at radius 1 is 1.00 bits per heavy atom. The van der Waals surface area contributed by atoms with Gasteiger partial charge in [-0.15, -0.1) is 0 Å². The molecule has 0 bridgehead atoms. The summed E-state index contributed by atoms with van der Waals surface area (Å²) >= 11 is 2.17. The minimum atomic E-state index is -0.960. The molecule has 0 aliphatic carbocycles. The van der Waals surface area contributed by atoms with Crippen LogP contribution in [0.5, 0.6) is 0 Å². The molecule has 1 atom stereocenters. The molecule has 0 fully saturated rings. The first-order valence-electron chi connectivity index (χ1n) is 9.88. The second kappa shape index (κ2) is 11.7. The van der Waals surface area contributed by atoms with Gasteiger partial charge in [-0.05, 0) is 79.6 Å². The van der Waals surface area contributed by atoms with Gasteiger partial charge in [0.25, 0.3) is 0 Å². The average molecular weight is 538 g/mol. The number of amides is 2. The van der Waals surface area contributed by atoms with Gasteiger partial charge in [-0.1, -0.05) is 30.3 Å². The van der Waals surface area contributed by atoms with Crippen LogP contribution in [-0.4, -0.2) is 29.6 Å². The molecule has 0 aromatic heterocycles. The third-order valence-electron chi connectivity index (χ3n) is 4.00. The van der Waals surface area contributed by atoms with E-state index < -0.39 is 29.6 Å². The van der Waals surface area contributed by atoms with E-state index in [0.29, 0.717) is 5.69 Å². The van der Waals surface area contributed by atoms with Crippen LogP contribution in [0, 0.1) is 3.57 Å². The van der Waals surface area contributed by atoms with Crippen molar-refractivity contribution >= 4 is 46.2 Å². The van der Waals surface area contributed by atoms with Gasteiger partial charge in [0, 0.05) is 15.7 Å². The molecular formula is C23H27IN2O5. The summed E-state index contributed by atoms with van der Waals surface area (Å²) in [7, 11) is 0. The summed E-state index contributed by atoms with van der Waals surface area (Å²) in [6.07, 6.45) is -0.691. The van der Waals surface area contributed by atoms with Gasteiger partial charge in [-0.2, -0.15) is 0 Å². The number of nitrogens with one attached hydrogen (secondary N) is 2. The van der Waals surface area contributed by atoms with Gasteiger partial charge >= 0.3 is 12.1 Å². The van der Waals surface area contributed by atoms with Crippen LogP contribution >= 0.6 is 22.6 Å². The minimum absolute atomic E-state index is 0.0343. The van der Waals surface area contributed by atoms with Gasteiger partial charge in [0.15, 0.2) is 0 Å². The maximum absolute atomic E-state index is 12.8. The van der Waals surface area contributed by atoms with Crippen LogP contribution in [-0.2, 0) is 25.7 Å². The Morgan fingerprint density at radius 2 is 1.65 bits per heavy atom. The van der Waals surface area contributed by atoms with E-state index in [0.717, 1.165) is 9.13 Å². The molecule has 0 aliphatic rings. The highest BCUT2D eigenvalue weighted by Gasteiger charge is 2.25. The Bertz CT molecular complexity index is 879. The molecule has 0 spiro atoms. The highest BCUT2D eigenvalue weighted by Crippen LogP contribution is 2.13. The van der Waals surface area contributed by atoms with Crippen molar-refractivity contribution in [2.75, 3.05) is 5.32 Å². The molecule has 2 N–H and O–H groups in total. The number of benzene rings is 2. The number of rotatable bonds is 8. The smallest absolute Gasteiger partial charge is 0.408 e. The number of alkyl carbamates (subject to hydrolysis) is 1. The van der Waals surface area contributed by atoms with Gasteiger partial charge < -0.3 is 20.1 Å². The number of halogens is 1. The van der Waals surface area contributed by atoms with E-state index in [1.54, 1.807) is 32.9 Å². The van der Waals surface area contributed by atoms with E-state index >= 15 is 0 Å². The molecule has 0 aliphatic heterocycles. The number of hydrogen-bond acceptors (Lipinski definition) is 5. The normalized spacial score (nSPS) is 11.9. The molecule has 166 valence electrons. The van der Waals surface area contributed by atoms with Crippen LogP contribution in [0.25, 0.3) is 0 Å². The summed E-state index contributed by atoms with van der Waals surface area (Å²) < 4.78 is 11.5. The number of carbonyl (C=O) groups excluding carboxylic acids is 3. The third-order valence-corrected chi connectivity index (χ3v) is 4.72. The predicted molar refractivity (Wildman–Crippen MR) is 126 cm³/mol. The average Bonchev–Trinajstić information content (AvgIpc) is 2.70. The van der Waals surface area contributed by atoms with Crippen molar-refractivity contribution in [1.82, 2.24) is 5.32 Å². The quantitative estimate of drug-likeness (QED) is 0.377. The molecule has 31 heavy (non-hydrogen) atoms. The summed E-state index contributed by atoms with van der Waals surface area (Å²) in [6, 6.07) is 15.6. The van der Waals surface area contributed by atoms with E-state index in [1.165, 1.54) is 0 Å². The third kappa shape index (κ3) is 9.82. The maximum atomic E-state index is 12.8. The monoisotopic (exact) mass is 538 g/mol. The Morgan fingerprint density at radius 3 is 2.26 bits per heavy atom. The molecule has 0 radical (unpaired) electrons. The van der Waals surface area contributed by atoms with Crippen molar-refractivity contribution in [3.05, 3.63) is 63.7 Å². The topological polar surface area (TPSA) is 93.7 Å². The molecule has 2 aromatic rings. The van der Waals surface area contributed by atoms with E-state index in [-0.39, 0.29) is 19.4 Å².